The Hall–Kier alpha value is -4.01. The van der Waals surface area contributed by atoms with E-state index in [1.54, 1.807) is 0 Å². The number of hydrogen-bond donors (Lipinski definition) is 3. The molecule has 0 bridgehead atoms. The Labute approximate surface area is 221 Å². The Bertz CT molecular complexity index is 1380. The predicted molar refractivity (Wildman–Crippen MR) is 128 cm³/mol. The summed E-state index contributed by atoms with van der Waals surface area (Å²) in [5.41, 5.74) is 2.74. The highest BCUT2D eigenvalue weighted by Gasteiger charge is 2.35. The summed E-state index contributed by atoms with van der Waals surface area (Å²) in [7, 11) is 0. The van der Waals surface area contributed by atoms with Crippen LogP contribution in [0.3, 0.4) is 0 Å². The second-order valence-electron chi connectivity index (χ2n) is 8.24. The van der Waals surface area contributed by atoms with Crippen LogP contribution in [-0.2, 0) is 24.1 Å². The first-order valence-electron chi connectivity index (χ1n) is 11.1. The van der Waals surface area contributed by atoms with E-state index in [9.17, 15) is 40.7 Å². The van der Waals surface area contributed by atoms with Crippen LogP contribution in [-0.4, -0.2) is 39.0 Å². The largest absolute Gasteiger partial charge is 0.416 e. The molecule has 16 heteroatoms. The van der Waals surface area contributed by atoms with Gasteiger partial charge in [0, 0.05) is 23.7 Å². The summed E-state index contributed by atoms with van der Waals surface area (Å²) in [5.74, 6) is -1.18. The predicted octanol–water partition coefficient (Wildman–Crippen LogP) is 3.86. The van der Waals surface area contributed by atoms with Gasteiger partial charge in [0.15, 0.2) is 5.82 Å². The lowest BCUT2D eigenvalue weighted by Gasteiger charge is -2.23. The SMILES string of the molecule is NC(=O)NCC(NC(=O)Cn1nc(-c2ccc(Cl)cc2)n(CCC(F)(F)F)c1=O)c1ccccc1C(F)(F)F. The Morgan fingerprint density at radius 3 is 2.26 bits per heavy atom. The van der Waals surface area contributed by atoms with Gasteiger partial charge in [0.1, 0.15) is 6.54 Å². The van der Waals surface area contributed by atoms with Gasteiger partial charge >= 0.3 is 24.1 Å². The van der Waals surface area contributed by atoms with Crippen molar-refractivity contribution in [3.63, 3.8) is 0 Å². The molecule has 0 radical (unpaired) electrons. The van der Waals surface area contributed by atoms with Crippen LogP contribution in [0.4, 0.5) is 31.1 Å². The zero-order valence-electron chi connectivity index (χ0n) is 19.8. The van der Waals surface area contributed by atoms with Gasteiger partial charge in [-0.1, -0.05) is 29.8 Å². The number of urea groups is 1. The van der Waals surface area contributed by atoms with Crippen LogP contribution >= 0.6 is 11.6 Å². The third-order valence-electron chi connectivity index (χ3n) is 5.39. The van der Waals surface area contributed by atoms with Crippen molar-refractivity contribution in [1.82, 2.24) is 25.0 Å². The van der Waals surface area contributed by atoms with Gasteiger partial charge in [-0.25, -0.2) is 14.3 Å². The first kappa shape index (κ1) is 29.5. The number of alkyl halides is 6. The minimum atomic E-state index is -4.80. The number of carbonyl (C=O) groups is 2. The normalized spacial score (nSPS) is 12.7. The Kier molecular flexibility index (Phi) is 8.94. The zero-order chi connectivity index (χ0) is 29.0. The van der Waals surface area contributed by atoms with Crippen LogP contribution < -0.4 is 22.1 Å². The van der Waals surface area contributed by atoms with Crippen molar-refractivity contribution in [3.05, 3.63) is 75.2 Å². The number of hydrogen-bond acceptors (Lipinski definition) is 4. The molecular formula is C23H21ClF6N6O3. The first-order valence-corrected chi connectivity index (χ1v) is 11.5. The number of nitrogens with one attached hydrogen (secondary N) is 2. The molecule has 1 heterocycles. The highest BCUT2D eigenvalue weighted by Crippen LogP contribution is 2.34. The number of aromatic nitrogens is 3. The lowest BCUT2D eigenvalue weighted by Crippen LogP contribution is -2.42. The maximum Gasteiger partial charge on any atom is 0.416 e. The highest BCUT2D eigenvalue weighted by atomic mass is 35.5. The maximum absolute atomic E-state index is 13.6. The van der Waals surface area contributed by atoms with Crippen molar-refractivity contribution in [2.24, 2.45) is 5.73 Å². The number of benzene rings is 2. The molecule has 3 amide bonds. The van der Waals surface area contributed by atoms with Crippen LogP contribution in [0, 0.1) is 0 Å². The Balaban J connectivity index is 1.93. The standard InChI is InChI=1S/C23H21ClF6N6O3/c24-14-7-5-13(6-8-14)19-34-36(21(39)35(19)10-9-22(25,26)27)12-18(37)33-17(11-32-20(31)38)15-3-1-2-4-16(15)23(28,29)30/h1-8,17H,9-12H2,(H,33,37)(H3,31,32,38). The number of primary amides is 1. The molecule has 0 aliphatic rings. The van der Waals surface area contributed by atoms with Crippen LogP contribution in [0.25, 0.3) is 11.4 Å². The van der Waals surface area contributed by atoms with Crippen molar-refractivity contribution < 1.29 is 35.9 Å². The Morgan fingerprint density at radius 2 is 1.67 bits per heavy atom. The first-order chi connectivity index (χ1) is 18.2. The number of rotatable bonds is 9. The van der Waals surface area contributed by atoms with Crippen LogP contribution in [0.5, 0.6) is 0 Å². The van der Waals surface area contributed by atoms with Crippen LogP contribution in [0.1, 0.15) is 23.6 Å². The summed E-state index contributed by atoms with van der Waals surface area (Å²) in [6.45, 7) is -2.18. The molecule has 39 heavy (non-hydrogen) atoms. The number of amides is 3. The summed E-state index contributed by atoms with van der Waals surface area (Å²) in [6, 6.07) is 7.49. The van der Waals surface area contributed by atoms with Crippen LogP contribution in [0.2, 0.25) is 5.02 Å². The lowest BCUT2D eigenvalue weighted by atomic mass is 9.99. The van der Waals surface area contributed by atoms with Crippen molar-refractivity contribution in [1.29, 1.82) is 0 Å². The average Bonchev–Trinajstić information content (AvgIpc) is 3.14. The van der Waals surface area contributed by atoms with Gasteiger partial charge in [-0.3, -0.25) is 9.36 Å². The quantitative estimate of drug-likeness (QED) is 0.334. The molecule has 1 atom stereocenters. The van der Waals surface area contributed by atoms with Crippen LogP contribution in [0.15, 0.2) is 53.3 Å². The summed E-state index contributed by atoms with van der Waals surface area (Å²) >= 11 is 5.85. The summed E-state index contributed by atoms with van der Waals surface area (Å²) in [6.07, 6.45) is -10.8. The number of carbonyl (C=O) groups excluding carboxylic acids is 2. The molecule has 9 nitrogen and oxygen atoms in total. The van der Waals surface area contributed by atoms with Gasteiger partial charge in [-0.15, -0.1) is 5.10 Å². The maximum atomic E-state index is 13.6. The van der Waals surface area contributed by atoms with E-state index in [2.05, 4.69) is 15.7 Å². The molecule has 3 rings (SSSR count). The molecular weight excluding hydrogens is 558 g/mol. The molecule has 210 valence electrons. The van der Waals surface area contributed by atoms with E-state index in [0.717, 1.165) is 22.8 Å². The average molecular weight is 579 g/mol. The monoisotopic (exact) mass is 578 g/mol. The fraction of sp³-hybridized carbons (Fsp3) is 0.304. The van der Waals surface area contributed by atoms with E-state index in [1.807, 2.05) is 0 Å². The molecule has 1 unspecified atom stereocenters. The summed E-state index contributed by atoms with van der Waals surface area (Å²) in [4.78, 5) is 36.9. The van der Waals surface area contributed by atoms with Gasteiger partial charge < -0.3 is 16.4 Å². The van der Waals surface area contributed by atoms with E-state index < -0.39 is 73.2 Å². The summed E-state index contributed by atoms with van der Waals surface area (Å²) in [5, 5.41) is 8.72. The zero-order valence-corrected chi connectivity index (χ0v) is 20.6. The molecule has 4 N–H and O–H groups in total. The number of nitrogens with zero attached hydrogens (tertiary/aromatic N) is 3. The lowest BCUT2D eigenvalue weighted by molar-refractivity contribution is -0.139. The van der Waals surface area contributed by atoms with E-state index in [1.165, 1.54) is 30.3 Å². The molecule has 0 saturated heterocycles. The van der Waals surface area contributed by atoms with E-state index in [-0.39, 0.29) is 11.4 Å². The Morgan fingerprint density at radius 1 is 1.03 bits per heavy atom. The third-order valence-corrected chi connectivity index (χ3v) is 5.65. The molecule has 0 spiro atoms. The third kappa shape index (κ3) is 7.99. The second kappa shape index (κ2) is 11.8. The van der Waals surface area contributed by atoms with Gasteiger partial charge in [-0.2, -0.15) is 26.3 Å². The van der Waals surface area contributed by atoms with Gasteiger partial charge in [0.05, 0.1) is 18.0 Å². The van der Waals surface area contributed by atoms with Gasteiger partial charge in [-0.05, 0) is 35.9 Å². The molecule has 2 aromatic carbocycles. The van der Waals surface area contributed by atoms with E-state index >= 15 is 0 Å². The topological polar surface area (TPSA) is 124 Å². The number of halogens is 7. The minimum absolute atomic E-state index is 0.178. The molecule has 1 aromatic heterocycles. The molecule has 0 aliphatic carbocycles. The van der Waals surface area contributed by atoms with Crippen molar-refractivity contribution in [2.75, 3.05) is 6.54 Å². The molecule has 3 aromatic rings. The van der Waals surface area contributed by atoms with E-state index in [0.29, 0.717) is 9.70 Å². The minimum Gasteiger partial charge on any atom is -0.352 e. The van der Waals surface area contributed by atoms with Gasteiger partial charge in [0.25, 0.3) is 0 Å². The molecule has 0 aliphatic heterocycles. The smallest absolute Gasteiger partial charge is 0.352 e. The van der Waals surface area contributed by atoms with Gasteiger partial charge in [0.2, 0.25) is 5.91 Å². The fourth-order valence-electron chi connectivity index (χ4n) is 3.67. The number of nitrogens with two attached hydrogens (primary N) is 1. The van der Waals surface area contributed by atoms with E-state index in [4.69, 9.17) is 17.3 Å². The van der Waals surface area contributed by atoms with Crippen molar-refractivity contribution in [2.45, 2.75) is 37.9 Å². The van der Waals surface area contributed by atoms with Crippen molar-refractivity contribution >= 4 is 23.5 Å². The fourth-order valence-corrected chi connectivity index (χ4v) is 3.80. The molecule has 0 fully saturated rings. The second-order valence-corrected chi connectivity index (χ2v) is 8.67. The molecule has 0 saturated carbocycles. The highest BCUT2D eigenvalue weighted by molar-refractivity contribution is 6.30. The summed E-state index contributed by atoms with van der Waals surface area (Å²) < 4.78 is 80.7. The van der Waals surface area contributed by atoms with Crippen molar-refractivity contribution in [3.8, 4) is 11.4 Å².